The molecule has 0 heterocycles. The molecule has 0 aliphatic carbocycles. The Hall–Kier alpha value is -2.12. The number of hydrogen-bond donors (Lipinski definition) is 3. The Balaban J connectivity index is 1.85. The number of nitrogen functional groups attached to an aromatic ring is 2. The van der Waals surface area contributed by atoms with Gasteiger partial charge in [-0.1, -0.05) is 0 Å². The third-order valence-electron chi connectivity index (χ3n) is 2.40. The fourth-order valence-corrected chi connectivity index (χ4v) is 2.52. The van der Waals surface area contributed by atoms with Crippen molar-refractivity contribution in [2.75, 3.05) is 11.5 Å². The van der Waals surface area contributed by atoms with E-state index in [4.69, 9.17) is 17.2 Å². The van der Waals surface area contributed by atoms with Gasteiger partial charge in [0, 0.05) is 11.4 Å². The van der Waals surface area contributed by atoms with Gasteiger partial charge >= 0.3 is 0 Å². The molecular weight excluding hydrogens is 302 g/mol. The standard InChI is InChI=1S/C14H15N5S2/c15-10-1-5-12(6-2-10)18-9-20-21-14(17)19-13-7-3-11(16)4-8-13/h1-9H,15-16H2,(H2,17,19). The van der Waals surface area contributed by atoms with Crippen LogP contribution in [0.15, 0.2) is 58.5 Å². The lowest BCUT2D eigenvalue weighted by atomic mass is 10.3. The van der Waals surface area contributed by atoms with Crippen molar-refractivity contribution in [2.45, 2.75) is 0 Å². The van der Waals surface area contributed by atoms with Crippen LogP contribution in [0.2, 0.25) is 0 Å². The number of anilines is 2. The summed E-state index contributed by atoms with van der Waals surface area (Å²) in [4.78, 5) is 8.53. The number of hydrogen-bond acceptors (Lipinski definition) is 6. The smallest absolute Gasteiger partial charge is 0.170 e. The average molecular weight is 317 g/mol. The number of amidine groups is 1. The number of rotatable bonds is 4. The lowest BCUT2D eigenvalue weighted by molar-refractivity contribution is 1.51. The molecule has 6 N–H and O–H groups in total. The number of aliphatic imine (C=N–C) groups is 2. The van der Waals surface area contributed by atoms with Gasteiger partial charge < -0.3 is 17.2 Å². The van der Waals surface area contributed by atoms with Crippen molar-refractivity contribution in [3.05, 3.63) is 48.5 Å². The molecule has 0 saturated heterocycles. The number of nitrogens with two attached hydrogens (primary N) is 3. The van der Waals surface area contributed by atoms with Gasteiger partial charge in [-0.2, -0.15) is 0 Å². The van der Waals surface area contributed by atoms with Crippen molar-refractivity contribution >= 4 is 55.1 Å². The quantitative estimate of drug-likeness (QED) is 0.346. The van der Waals surface area contributed by atoms with E-state index in [0.29, 0.717) is 10.9 Å². The molecule has 0 unspecified atom stereocenters. The largest absolute Gasteiger partial charge is 0.399 e. The van der Waals surface area contributed by atoms with Crippen molar-refractivity contribution in [1.82, 2.24) is 0 Å². The second-order valence-electron chi connectivity index (χ2n) is 4.05. The highest BCUT2D eigenvalue weighted by Gasteiger charge is 1.95. The normalized spacial score (nSPS) is 11.9. The van der Waals surface area contributed by atoms with Crippen molar-refractivity contribution in [2.24, 2.45) is 15.7 Å². The van der Waals surface area contributed by atoms with E-state index in [9.17, 15) is 0 Å². The van der Waals surface area contributed by atoms with Gasteiger partial charge in [-0.15, -0.1) is 0 Å². The maximum absolute atomic E-state index is 5.83. The van der Waals surface area contributed by atoms with Gasteiger partial charge in [-0.25, -0.2) is 9.98 Å². The molecule has 0 bridgehead atoms. The highest BCUT2D eigenvalue weighted by molar-refractivity contribution is 8.86. The minimum atomic E-state index is 0.452. The Morgan fingerprint density at radius 1 is 0.857 bits per heavy atom. The minimum Gasteiger partial charge on any atom is -0.399 e. The fourth-order valence-electron chi connectivity index (χ4n) is 1.41. The molecule has 0 atom stereocenters. The van der Waals surface area contributed by atoms with Gasteiger partial charge in [0.1, 0.15) is 0 Å². The lowest BCUT2D eigenvalue weighted by Crippen LogP contribution is -2.03. The van der Waals surface area contributed by atoms with Gasteiger partial charge in [0.15, 0.2) is 5.17 Å². The Kier molecular flexibility index (Phi) is 5.53. The van der Waals surface area contributed by atoms with E-state index in [-0.39, 0.29) is 0 Å². The van der Waals surface area contributed by atoms with E-state index in [1.807, 2.05) is 24.3 Å². The predicted octanol–water partition coefficient (Wildman–Crippen LogP) is 3.54. The van der Waals surface area contributed by atoms with Crippen LogP contribution in [0.5, 0.6) is 0 Å². The summed E-state index contributed by atoms with van der Waals surface area (Å²) in [6.07, 6.45) is 0. The molecule has 0 amide bonds. The zero-order chi connectivity index (χ0) is 15.1. The van der Waals surface area contributed by atoms with Crippen LogP contribution >= 0.6 is 21.6 Å². The third-order valence-corrected chi connectivity index (χ3v) is 4.01. The summed E-state index contributed by atoms with van der Waals surface area (Å²) in [5, 5.41) is 0.452. The molecule has 0 aliphatic heterocycles. The lowest BCUT2D eigenvalue weighted by Gasteiger charge is -1.98. The molecule has 0 spiro atoms. The number of benzene rings is 2. The molecule has 0 saturated carbocycles. The summed E-state index contributed by atoms with van der Waals surface area (Å²) in [7, 11) is 2.73. The maximum atomic E-state index is 5.83. The highest BCUT2D eigenvalue weighted by Crippen LogP contribution is 2.23. The summed E-state index contributed by atoms with van der Waals surface area (Å²) >= 11 is 0. The maximum Gasteiger partial charge on any atom is 0.170 e. The van der Waals surface area contributed by atoms with Crippen LogP contribution in [-0.2, 0) is 0 Å². The Labute approximate surface area is 131 Å². The van der Waals surface area contributed by atoms with E-state index in [1.165, 1.54) is 21.6 Å². The Morgan fingerprint density at radius 2 is 1.38 bits per heavy atom. The molecule has 108 valence electrons. The average Bonchev–Trinajstić information content (AvgIpc) is 2.48. The molecule has 7 heteroatoms. The van der Waals surface area contributed by atoms with Crippen LogP contribution in [-0.4, -0.2) is 10.7 Å². The first-order chi connectivity index (χ1) is 10.1. The van der Waals surface area contributed by atoms with Crippen molar-refractivity contribution in [1.29, 1.82) is 0 Å². The number of nitrogens with zero attached hydrogens (tertiary/aromatic N) is 2. The van der Waals surface area contributed by atoms with Gasteiger partial charge in [-0.3, -0.25) is 0 Å². The monoisotopic (exact) mass is 317 g/mol. The first kappa shape index (κ1) is 15.3. The molecule has 2 rings (SSSR count). The predicted molar refractivity (Wildman–Crippen MR) is 96.3 cm³/mol. The van der Waals surface area contributed by atoms with Crippen LogP contribution in [0.25, 0.3) is 0 Å². The van der Waals surface area contributed by atoms with Gasteiger partial charge in [0.05, 0.1) is 16.9 Å². The molecule has 2 aromatic rings. The first-order valence-electron chi connectivity index (χ1n) is 6.04. The van der Waals surface area contributed by atoms with Crippen molar-refractivity contribution in [3.63, 3.8) is 0 Å². The minimum absolute atomic E-state index is 0.452. The summed E-state index contributed by atoms with van der Waals surface area (Å²) in [5.41, 5.74) is 21.8. The summed E-state index contributed by atoms with van der Waals surface area (Å²) in [6.45, 7) is 0. The van der Waals surface area contributed by atoms with E-state index in [2.05, 4.69) is 9.98 Å². The molecule has 0 aromatic heterocycles. The fraction of sp³-hybridized carbons (Fsp3) is 0. The van der Waals surface area contributed by atoms with Crippen LogP contribution in [0, 0.1) is 0 Å². The van der Waals surface area contributed by atoms with Gasteiger partial charge in [0.2, 0.25) is 0 Å². The summed E-state index contributed by atoms with van der Waals surface area (Å²) in [6, 6.07) is 14.5. The van der Waals surface area contributed by atoms with Crippen LogP contribution in [0.1, 0.15) is 0 Å². The molecule has 21 heavy (non-hydrogen) atoms. The van der Waals surface area contributed by atoms with Crippen LogP contribution < -0.4 is 17.2 Å². The van der Waals surface area contributed by atoms with E-state index in [0.717, 1.165) is 17.1 Å². The molecule has 0 fully saturated rings. The van der Waals surface area contributed by atoms with Crippen molar-refractivity contribution < 1.29 is 0 Å². The zero-order valence-corrected chi connectivity index (χ0v) is 12.8. The SMILES string of the molecule is NC(=Nc1ccc(N)cc1)SSC=Nc1ccc(N)cc1. The van der Waals surface area contributed by atoms with Crippen LogP contribution in [0.4, 0.5) is 22.7 Å². The Morgan fingerprint density at radius 3 is 1.95 bits per heavy atom. The Bertz CT molecular complexity index is 635. The first-order valence-corrected chi connectivity index (χ1v) is 8.26. The van der Waals surface area contributed by atoms with Gasteiger partial charge in [-0.05, 0) is 70.1 Å². The molecular formula is C14H15N5S2. The van der Waals surface area contributed by atoms with E-state index in [1.54, 1.807) is 29.8 Å². The van der Waals surface area contributed by atoms with E-state index >= 15 is 0 Å². The zero-order valence-electron chi connectivity index (χ0n) is 11.1. The van der Waals surface area contributed by atoms with Gasteiger partial charge in [0.25, 0.3) is 0 Å². The third kappa shape index (κ3) is 5.41. The van der Waals surface area contributed by atoms with E-state index < -0.39 is 0 Å². The highest BCUT2D eigenvalue weighted by atomic mass is 33.1. The molecule has 5 nitrogen and oxygen atoms in total. The topological polar surface area (TPSA) is 103 Å². The second-order valence-corrected chi connectivity index (χ2v) is 6.11. The van der Waals surface area contributed by atoms with Crippen molar-refractivity contribution in [3.8, 4) is 0 Å². The summed E-state index contributed by atoms with van der Waals surface area (Å²) in [5.74, 6) is 0. The van der Waals surface area contributed by atoms with Crippen LogP contribution in [0.3, 0.4) is 0 Å². The second kappa shape index (κ2) is 7.61. The molecule has 0 aliphatic rings. The summed E-state index contributed by atoms with van der Waals surface area (Å²) < 4.78 is 0. The molecule has 2 aromatic carbocycles. The molecule has 0 radical (unpaired) electrons.